The maximum atomic E-state index is 6.34. The number of nitrogens with zero attached hydrogens (tertiary/aromatic N) is 2. The van der Waals surface area contributed by atoms with Crippen molar-refractivity contribution in [3.63, 3.8) is 0 Å². The molecule has 0 radical (unpaired) electrons. The quantitative estimate of drug-likeness (QED) is 0.722. The van der Waals surface area contributed by atoms with E-state index < -0.39 is 0 Å². The standard InChI is InChI=1S/C15H14ClN3OS/c1-3-17-15-18-13(16)12-11(8-21-14(12)19-15)9-4-6-10(20-2)7-5-9/h4-8H,3H2,1-2H3,(H,17,18,19). The van der Waals surface area contributed by atoms with Crippen LogP contribution in [0.5, 0.6) is 5.75 Å². The number of thiophene rings is 1. The number of halogens is 1. The summed E-state index contributed by atoms with van der Waals surface area (Å²) in [5, 5.41) is 6.52. The molecule has 0 aliphatic carbocycles. The highest BCUT2D eigenvalue weighted by Gasteiger charge is 2.14. The summed E-state index contributed by atoms with van der Waals surface area (Å²) in [5.74, 6) is 1.40. The molecule has 108 valence electrons. The van der Waals surface area contributed by atoms with Crippen LogP contribution in [0.15, 0.2) is 29.6 Å². The second kappa shape index (κ2) is 5.87. The Morgan fingerprint density at radius 1 is 1.24 bits per heavy atom. The minimum Gasteiger partial charge on any atom is -0.497 e. The molecule has 0 saturated heterocycles. The summed E-state index contributed by atoms with van der Waals surface area (Å²) in [6.07, 6.45) is 0. The molecule has 0 aliphatic heterocycles. The van der Waals surface area contributed by atoms with Gasteiger partial charge in [0.15, 0.2) is 0 Å². The highest BCUT2D eigenvalue weighted by molar-refractivity contribution is 7.17. The van der Waals surface area contributed by atoms with E-state index in [0.717, 1.165) is 33.6 Å². The molecule has 4 nitrogen and oxygen atoms in total. The Morgan fingerprint density at radius 2 is 2.00 bits per heavy atom. The first-order chi connectivity index (χ1) is 10.2. The van der Waals surface area contributed by atoms with Gasteiger partial charge in [-0.15, -0.1) is 11.3 Å². The third kappa shape index (κ3) is 2.66. The lowest BCUT2D eigenvalue weighted by Gasteiger charge is -2.05. The van der Waals surface area contributed by atoms with E-state index in [0.29, 0.717) is 11.1 Å². The lowest BCUT2D eigenvalue weighted by atomic mass is 10.1. The van der Waals surface area contributed by atoms with Crippen molar-refractivity contribution in [3.05, 3.63) is 34.8 Å². The zero-order valence-electron chi connectivity index (χ0n) is 11.7. The Bertz CT molecular complexity index is 770. The van der Waals surface area contributed by atoms with Crippen LogP contribution in [0.3, 0.4) is 0 Å². The molecule has 3 aromatic rings. The van der Waals surface area contributed by atoms with Gasteiger partial charge in [-0.25, -0.2) is 9.97 Å². The first-order valence-electron chi connectivity index (χ1n) is 6.56. The Hall–Kier alpha value is -1.85. The van der Waals surface area contributed by atoms with Crippen molar-refractivity contribution in [1.82, 2.24) is 9.97 Å². The molecule has 0 amide bonds. The molecule has 0 aliphatic rings. The number of aromatic nitrogens is 2. The van der Waals surface area contributed by atoms with Gasteiger partial charge in [-0.1, -0.05) is 23.7 Å². The fourth-order valence-corrected chi connectivity index (χ4v) is 3.39. The molecule has 0 atom stereocenters. The largest absolute Gasteiger partial charge is 0.497 e. The number of hydrogen-bond acceptors (Lipinski definition) is 5. The normalized spacial score (nSPS) is 10.8. The van der Waals surface area contributed by atoms with E-state index >= 15 is 0 Å². The van der Waals surface area contributed by atoms with Crippen LogP contribution in [0.2, 0.25) is 5.15 Å². The summed E-state index contributed by atoms with van der Waals surface area (Å²) >= 11 is 7.91. The van der Waals surface area contributed by atoms with Crippen molar-refractivity contribution in [2.24, 2.45) is 0 Å². The molecule has 0 spiro atoms. The van der Waals surface area contributed by atoms with Gasteiger partial charge in [0.25, 0.3) is 0 Å². The van der Waals surface area contributed by atoms with E-state index in [-0.39, 0.29) is 0 Å². The average Bonchev–Trinajstić information content (AvgIpc) is 2.92. The highest BCUT2D eigenvalue weighted by atomic mass is 35.5. The number of benzene rings is 1. The maximum absolute atomic E-state index is 6.34. The fourth-order valence-electron chi connectivity index (χ4n) is 2.12. The molecule has 21 heavy (non-hydrogen) atoms. The third-order valence-electron chi connectivity index (χ3n) is 3.13. The first kappa shape index (κ1) is 14.1. The molecule has 3 rings (SSSR count). The Kier molecular flexibility index (Phi) is 3.94. The summed E-state index contributed by atoms with van der Waals surface area (Å²) in [4.78, 5) is 9.69. The number of ether oxygens (including phenoxy) is 1. The number of methoxy groups -OCH3 is 1. The van der Waals surface area contributed by atoms with E-state index in [1.54, 1.807) is 18.4 Å². The van der Waals surface area contributed by atoms with E-state index in [1.165, 1.54) is 0 Å². The van der Waals surface area contributed by atoms with Crippen LogP contribution in [0.25, 0.3) is 21.3 Å². The Morgan fingerprint density at radius 3 is 2.67 bits per heavy atom. The number of anilines is 1. The number of fused-ring (bicyclic) bond motifs is 1. The third-order valence-corrected chi connectivity index (χ3v) is 4.27. The van der Waals surface area contributed by atoms with Crippen molar-refractivity contribution in [2.45, 2.75) is 6.92 Å². The monoisotopic (exact) mass is 319 g/mol. The summed E-state index contributed by atoms with van der Waals surface area (Å²) < 4.78 is 5.18. The topological polar surface area (TPSA) is 47.0 Å². The SMILES string of the molecule is CCNc1nc(Cl)c2c(-c3ccc(OC)cc3)csc2n1. The summed E-state index contributed by atoms with van der Waals surface area (Å²) in [6, 6.07) is 7.88. The van der Waals surface area contributed by atoms with Gasteiger partial charge in [-0.3, -0.25) is 0 Å². The Balaban J connectivity index is 2.10. The smallest absolute Gasteiger partial charge is 0.225 e. The summed E-state index contributed by atoms with van der Waals surface area (Å²) in [7, 11) is 1.65. The van der Waals surface area contributed by atoms with Crippen molar-refractivity contribution >= 4 is 39.1 Å². The van der Waals surface area contributed by atoms with Crippen LogP contribution >= 0.6 is 22.9 Å². The van der Waals surface area contributed by atoms with Crippen molar-refractivity contribution in [1.29, 1.82) is 0 Å². The lowest BCUT2D eigenvalue weighted by Crippen LogP contribution is -2.01. The van der Waals surface area contributed by atoms with Crippen molar-refractivity contribution < 1.29 is 4.74 Å². The molecule has 1 N–H and O–H groups in total. The Labute approximate surface area is 131 Å². The molecule has 0 bridgehead atoms. The zero-order chi connectivity index (χ0) is 14.8. The van der Waals surface area contributed by atoms with Gasteiger partial charge in [0, 0.05) is 17.5 Å². The summed E-state index contributed by atoms with van der Waals surface area (Å²) in [5.41, 5.74) is 2.12. The molecule has 0 unspecified atom stereocenters. The molecule has 1 aromatic carbocycles. The van der Waals surface area contributed by atoms with Gasteiger partial charge >= 0.3 is 0 Å². The minimum atomic E-state index is 0.475. The number of nitrogens with one attached hydrogen (secondary N) is 1. The molecule has 0 saturated carbocycles. The molecule has 6 heteroatoms. The van der Waals surface area contributed by atoms with E-state index in [9.17, 15) is 0 Å². The van der Waals surface area contributed by atoms with Gasteiger partial charge < -0.3 is 10.1 Å². The maximum Gasteiger partial charge on any atom is 0.225 e. The first-order valence-corrected chi connectivity index (χ1v) is 7.81. The number of rotatable bonds is 4. The van der Waals surface area contributed by atoms with Crippen molar-refractivity contribution in [3.8, 4) is 16.9 Å². The zero-order valence-corrected chi connectivity index (χ0v) is 13.3. The molecule has 0 fully saturated rings. The predicted molar refractivity (Wildman–Crippen MR) is 88.6 cm³/mol. The molecular weight excluding hydrogens is 306 g/mol. The van der Waals surface area contributed by atoms with E-state index in [2.05, 4.69) is 20.7 Å². The van der Waals surface area contributed by atoms with Crippen molar-refractivity contribution in [2.75, 3.05) is 19.0 Å². The van der Waals surface area contributed by atoms with Gasteiger partial charge in [-0.2, -0.15) is 0 Å². The second-order valence-corrected chi connectivity index (χ2v) is 5.64. The van der Waals surface area contributed by atoms with Crippen LogP contribution in [-0.2, 0) is 0 Å². The highest BCUT2D eigenvalue weighted by Crippen LogP contribution is 2.37. The van der Waals surface area contributed by atoms with E-state index in [1.807, 2.05) is 31.2 Å². The molecule has 2 heterocycles. The van der Waals surface area contributed by atoms with E-state index in [4.69, 9.17) is 16.3 Å². The second-order valence-electron chi connectivity index (χ2n) is 4.43. The summed E-state index contributed by atoms with van der Waals surface area (Å²) in [6.45, 7) is 2.76. The predicted octanol–water partition coefficient (Wildman–Crippen LogP) is 4.45. The van der Waals surface area contributed by atoms with Crippen LogP contribution in [0.4, 0.5) is 5.95 Å². The van der Waals surface area contributed by atoms with Gasteiger partial charge in [0.05, 0.1) is 12.5 Å². The van der Waals surface area contributed by atoms with Crippen LogP contribution in [0.1, 0.15) is 6.92 Å². The fraction of sp³-hybridized carbons (Fsp3) is 0.200. The van der Waals surface area contributed by atoms with Gasteiger partial charge in [-0.05, 0) is 24.6 Å². The van der Waals surface area contributed by atoms with Crippen LogP contribution < -0.4 is 10.1 Å². The van der Waals surface area contributed by atoms with Crippen LogP contribution in [0, 0.1) is 0 Å². The van der Waals surface area contributed by atoms with Gasteiger partial charge in [0.2, 0.25) is 5.95 Å². The minimum absolute atomic E-state index is 0.475. The lowest BCUT2D eigenvalue weighted by molar-refractivity contribution is 0.415. The molecule has 2 aromatic heterocycles. The van der Waals surface area contributed by atoms with Gasteiger partial charge in [0.1, 0.15) is 15.7 Å². The molecular formula is C15H14ClN3OS. The number of hydrogen-bond donors (Lipinski definition) is 1. The average molecular weight is 320 g/mol. The van der Waals surface area contributed by atoms with Crippen LogP contribution in [-0.4, -0.2) is 23.6 Å².